The second-order valence-electron chi connectivity index (χ2n) is 5.43. The summed E-state index contributed by atoms with van der Waals surface area (Å²) in [6.45, 7) is 6.29. The van der Waals surface area contributed by atoms with Crippen molar-refractivity contribution in [1.82, 2.24) is 15.1 Å². The summed E-state index contributed by atoms with van der Waals surface area (Å²) in [5.74, 6) is -0.459. The molecule has 0 radical (unpaired) electrons. The van der Waals surface area contributed by atoms with Crippen molar-refractivity contribution in [1.29, 1.82) is 0 Å². The molecule has 1 aromatic rings. The summed E-state index contributed by atoms with van der Waals surface area (Å²) in [6.07, 6.45) is 4.57. The molecule has 1 fully saturated rings. The Hall–Kier alpha value is -1.65. The first-order valence-electron chi connectivity index (χ1n) is 5.76. The SMILES string of the molecule is CC(C)(C)c1cnn(C2CCC(=O)NC2=O)c1. The molecule has 1 aromatic heterocycles. The molecule has 17 heavy (non-hydrogen) atoms. The number of imide groups is 1. The summed E-state index contributed by atoms with van der Waals surface area (Å²) in [4.78, 5) is 22.7. The maximum absolute atomic E-state index is 11.7. The Bertz CT molecular complexity index is 457. The molecule has 0 aromatic carbocycles. The zero-order valence-corrected chi connectivity index (χ0v) is 10.4. The van der Waals surface area contributed by atoms with Crippen molar-refractivity contribution in [2.45, 2.75) is 45.1 Å². The van der Waals surface area contributed by atoms with E-state index in [4.69, 9.17) is 0 Å². The van der Waals surface area contributed by atoms with Gasteiger partial charge in [0.2, 0.25) is 5.91 Å². The van der Waals surface area contributed by atoms with E-state index in [1.165, 1.54) is 0 Å². The third kappa shape index (κ3) is 2.38. The fraction of sp³-hybridized carbons (Fsp3) is 0.583. The predicted octanol–water partition coefficient (Wildman–Crippen LogP) is 1.16. The van der Waals surface area contributed by atoms with E-state index in [9.17, 15) is 9.59 Å². The zero-order valence-electron chi connectivity index (χ0n) is 10.4. The van der Waals surface area contributed by atoms with Crippen LogP contribution in [-0.2, 0) is 15.0 Å². The van der Waals surface area contributed by atoms with Crippen molar-refractivity contribution < 1.29 is 9.59 Å². The van der Waals surface area contributed by atoms with Crippen molar-refractivity contribution in [2.75, 3.05) is 0 Å². The van der Waals surface area contributed by atoms with Crippen LogP contribution in [0, 0.1) is 0 Å². The van der Waals surface area contributed by atoms with E-state index in [1.54, 1.807) is 10.9 Å². The third-order valence-corrected chi connectivity index (χ3v) is 3.00. The lowest BCUT2D eigenvalue weighted by Gasteiger charge is -2.21. The minimum Gasteiger partial charge on any atom is -0.295 e. The van der Waals surface area contributed by atoms with Crippen LogP contribution in [0.3, 0.4) is 0 Å². The van der Waals surface area contributed by atoms with Gasteiger partial charge in [-0.15, -0.1) is 0 Å². The molecule has 5 heteroatoms. The molecule has 1 saturated heterocycles. The quantitative estimate of drug-likeness (QED) is 0.743. The smallest absolute Gasteiger partial charge is 0.251 e. The van der Waals surface area contributed by atoms with Crippen LogP contribution in [0.5, 0.6) is 0 Å². The Kier molecular flexibility index (Phi) is 2.77. The molecule has 1 atom stereocenters. The lowest BCUT2D eigenvalue weighted by molar-refractivity contribution is -0.135. The van der Waals surface area contributed by atoms with Crippen molar-refractivity contribution >= 4 is 11.8 Å². The summed E-state index contributed by atoms with van der Waals surface area (Å²) in [5.41, 5.74) is 1.10. The average molecular weight is 235 g/mol. The minimum absolute atomic E-state index is 0.0131. The Balaban J connectivity index is 2.21. The molecule has 0 bridgehead atoms. The number of nitrogens with one attached hydrogen (secondary N) is 1. The van der Waals surface area contributed by atoms with Gasteiger partial charge in [-0.2, -0.15) is 5.10 Å². The Labute approximate surface area is 100 Å². The minimum atomic E-state index is -0.358. The second-order valence-corrected chi connectivity index (χ2v) is 5.43. The van der Waals surface area contributed by atoms with Crippen LogP contribution >= 0.6 is 0 Å². The number of piperidine rings is 1. The number of carbonyl (C=O) groups is 2. The van der Waals surface area contributed by atoms with Gasteiger partial charge in [0.1, 0.15) is 6.04 Å². The average Bonchev–Trinajstić information content (AvgIpc) is 2.65. The summed E-state index contributed by atoms with van der Waals surface area (Å²) in [6, 6.07) is -0.358. The maximum atomic E-state index is 11.7. The highest BCUT2D eigenvalue weighted by molar-refractivity contribution is 5.99. The number of hydrogen-bond acceptors (Lipinski definition) is 3. The van der Waals surface area contributed by atoms with Crippen molar-refractivity contribution in [3.8, 4) is 0 Å². The zero-order chi connectivity index (χ0) is 12.6. The summed E-state index contributed by atoms with van der Waals surface area (Å²) < 4.78 is 1.66. The lowest BCUT2D eigenvalue weighted by Crippen LogP contribution is -2.41. The molecule has 0 saturated carbocycles. The number of carbonyl (C=O) groups excluding carboxylic acids is 2. The van der Waals surface area contributed by atoms with Gasteiger partial charge in [0.25, 0.3) is 5.91 Å². The standard InChI is InChI=1S/C12H17N3O2/c1-12(2,3)8-6-13-15(7-8)9-4-5-10(16)14-11(9)17/h6-7,9H,4-5H2,1-3H3,(H,14,16,17). The van der Waals surface area contributed by atoms with E-state index in [1.807, 2.05) is 6.20 Å². The molecular weight excluding hydrogens is 218 g/mol. The number of amides is 2. The van der Waals surface area contributed by atoms with Crippen LogP contribution in [0.25, 0.3) is 0 Å². The maximum Gasteiger partial charge on any atom is 0.251 e. The van der Waals surface area contributed by atoms with Gasteiger partial charge >= 0.3 is 0 Å². The van der Waals surface area contributed by atoms with Gasteiger partial charge in [0, 0.05) is 12.6 Å². The summed E-state index contributed by atoms with van der Waals surface area (Å²) >= 11 is 0. The van der Waals surface area contributed by atoms with Gasteiger partial charge in [-0.3, -0.25) is 19.6 Å². The van der Waals surface area contributed by atoms with Gasteiger partial charge < -0.3 is 0 Å². The van der Waals surface area contributed by atoms with E-state index in [0.717, 1.165) is 5.56 Å². The number of nitrogens with zero attached hydrogens (tertiary/aromatic N) is 2. The van der Waals surface area contributed by atoms with E-state index in [2.05, 4.69) is 31.2 Å². The van der Waals surface area contributed by atoms with Crippen LogP contribution in [0.15, 0.2) is 12.4 Å². The Morgan fingerprint density at radius 1 is 1.41 bits per heavy atom. The van der Waals surface area contributed by atoms with Crippen LogP contribution in [-0.4, -0.2) is 21.6 Å². The first-order valence-corrected chi connectivity index (χ1v) is 5.76. The van der Waals surface area contributed by atoms with E-state index < -0.39 is 0 Å². The first kappa shape index (κ1) is 11.8. The van der Waals surface area contributed by atoms with Crippen LogP contribution < -0.4 is 5.32 Å². The number of aromatic nitrogens is 2. The van der Waals surface area contributed by atoms with Gasteiger partial charge in [-0.1, -0.05) is 20.8 Å². The molecular formula is C12H17N3O2. The van der Waals surface area contributed by atoms with E-state index in [0.29, 0.717) is 12.8 Å². The molecule has 1 aliphatic heterocycles. The molecule has 2 heterocycles. The molecule has 1 N–H and O–H groups in total. The van der Waals surface area contributed by atoms with Gasteiger partial charge in [-0.25, -0.2) is 0 Å². The van der Waals surface area contributed by atoms with Crippen molar-refractivity contribution in [3.05, 3.63) is 18.0 Å². The largest absolute Gasteiger partial charge is 0.295 e. The van der Waals surface area contributed by atoms with Crippen LogP contribution in [0.4, 0.5) is 0 Å². The molecule has 0 spiro atoms. The fourth-order valence-electron chi connectivity index (χ4n) is 1.83. The van der Waals surface area contributed by atoms with Crippen molar-refractivity contribution in [2.24, 2.45) is 0 Å². The highest BCUT2D eigenvalue weighted by Crippen LogP contribution is 2.24. The molecule has 2 rings (SSSR count). The monoisotopic (exact) mass is 235 g/mol. The molecule has 0 aliphatic carbocycles. The van der Waals surface area contributed by atoms with Crippen LogP contribution in [0.2, 0.25) is 0 Å². The van der Waals surface area contributed by atoms with Crippen molar-refractivity contribution in [3.63, 3.8) is 0 Å². The van der Waals surface area contributed by atoms with Gasteiger partial charge in [0.05, 0.1) is 6.20 Å². The molecule has 92 valence electrons. The topological polar surface area (TPSA) is 64.0 Å². The van der Waals surface area contributed by atoms with E-state index >= 15 is 0 Å². The first-order chi connectivity index (χ1) is 7.88. The van der Waals surface area contributed by atoms with Crippen LogP contribution in [0.1, 0.15) is 45.2 Å². The second kappa shape index (κ2) is 3.98. The predicted molar refractivity (Wildman–Crippen MR) is 62.3 cm³/mol. The lowest BCUT2D eigenvalue weighted by atomic mass is 9.90. The van der Waals surface area contributed by atoms with Gasteiger partial charge in [-0.05, 0) is 17.4 Å². The highest BCUT2D eigenvalue weighted by Gasteiger charge is 2.29. The Morgan fingerprint density at radius 3 is 2.65 bits per heavy atom. The number of hydrogen-bond donors (Lipinski definition) is 1. The molecule has 1 aliphatic rings. The van der Waals surface area contributed by atoms with E-state index in [-0.39, 0.29) is 23.3 Å². The fourth-order valence-corrected chi connectivity index (χ4v) is 1.83. The Morgan fingerprint density at radius 2 is 2.12 bits per heavy atom. The highest BCUT2D eigenvalue weighted by atomic mass is 16.2. The van der Waals surface area contributed by atoms with Gasteiger partial charge in [0.15, 0.2) is 0 Å². The molecule has 5 nitrogen and oxygen atoms in total. The summed E-state index contributed by atoms with van der Waals surface area (Å²) in [7, 11) is 0. The number of rotatable bonds is 1. The normalized spacial score (nSPS) is 21.5. The third-order valence-electron chi connectivity index (χ3n) is 3.00. The molecule has 1 unspecified atom stereocenters. The summed E-state index contributed by atoms with van der Waals surface area (Å²) in [5, 5.41) is 6.56. The molecule has 2 amide bonds.